The van der Waals surface area contributed by atoms with Crippen LogP contribution in [0.2, 0.25) is 0 Å². The summed E-state index contributed by atoms with van der Waals surface area (Å²) in [7, 11) is -3.60. The van der Waals surface area contributed by atoms with E-state index in [9.17, 15) is 8.42 Å². The molecule has 0 amide bonds. The SMILES string of the molecule is NCCCN(c1ccccc1)S(=O)(=O)c1cn[nH]c1. The van der Waals surface area contributed by atoms with E-state index in [-0.39, 0.29) is 4.90 Å². The minimum Gasteiger partial charge on any atom is -0.330 e. The van der Waals surface area contributed by atoms with Gasteiger partial charge in [-0.1, -0.05) is 18.2 Å². The van der Waals surface area contributed by atoms with Crippen molar-refractivity contribution in [1.29, 1.82) is 0 Å². The molecule has 0 saturated heterocycles. The lowest BCUT2D eigenvalue weighted by molar-refractivity contribution is 0.589. The number of nitrogens with zero attached hydrogens (tertiary/aromatic N) is 2. The van der Waals surface area contributed by atoms with Crippen molar-refractivity contribution < 1.29 is 8.42 Å². The standard InChI is InChI=1S/C12H16N4O2S/c13-7-4-8-16(11-5-2-1-3-6-11)19(17,18)12-9-14-15-10-12/h1-3,5-6,9-10H,4,7-8,13H2,(H,14,15). The van der Waals surface area contributed by atoms with Gasteiger partial charge in [0.05, 0.1) is 11.9 Å². The highest BCUT2D eigenvalue weighted by atomic mass is 32.2. The third-order valence-corrected chi connectivity index (χ3v) is 4.46. The first kappa shape index (κ1) is 13.6. The highest BCUT2D eigenvalue weighted by molar-refractivity contribution is 7.92. The molecular weight excluding hydrogens is 264 g/mol. The van der Waals surface area contributed by atoms with Gasteiger partial charge in [-0.3, -0.25) is 9.40 Å². The number of H-pyrrole nitrogens is 1. The quantitative estimate of drug-likeness (QED) is 0.824. The molecule has 0 saturated carbocycles. The van der Waals surface area contributed by atoms with Gasteiger partial charge in [-0.15, -0.1) is 0 Å². The third kappa shape index (κ3) is 2.94. The number of anilines is 1. The number of benzene rings is 1. The van der Waals surface area contributed by atoms with Crippen LogP contribution in [0, 0.1) is 0 Å². The molecule has 102 valence electrons. The van der Waals surface area contributed by atoms with Crippen LogP contribution in [-0.4, -0.2) is 31.7 Å². The Labute approximate surface area is 112 Å². The Morgan fingerprint density at radius 1 is 1.26 bits per heavy atom. The lowest BCUT2D eigenvalue weighted by Crippen LogP contribution is -2.32. The zero-order chi connectivity index (χ0) is 13.7. The molecular formula is C12H16N4O2S. The summed E-state index contributed by atoms with van der Waals surface area (Å²) in [5.41, 5.74) is 6.10. The molecule has 3 N–H and O–H groups in total. The first-order chi connectivity index (χ1) is 9.16. The topological polar surface area (TPSA) is 92.1 Å². The number of hydrogen-bond acceptors (Lipinski definition) is 4. The van der Waals surface area contributed by atoms with E-state index in [1.807, 2.05) is 6.07 Å². The summed E-state index contributed by atoms with van der Waals surface area (Å²) in [5.74, 6) is 0. The molecule has 0 radical (unpaired) electrons. The van der Waals surface area contributed by atoms with E-state index in [2.05, 4.69) is 10.2 Å². The minimum atomic E-state index is -3.60. The summed E-state index contributed by atoms with van der Waals surface area (Å²) in [5, 5.41) is 6.21. The zero-order valence-corrected chi connectivity index (χ0v) is 11.2. The first-order valence-corrected chi connectivity index (χ1v) is 7.37. The number of rotatable bonds is 6. The number of sulfonamides is 1. The van der Waals surface area contributed by atoms with E-state index in [4.69, 9.17) is 5.73 Å². The molecule has 1 heterocycles. The highest BCUT2D eigenvalue weighted by Crippen LogP contribution is 2.22. The van der Waals surface area contributed by atoms with Gasteiger partial charge >= 0.3 is 0 Å². The summed E-state index contributed by atoms with van der Waals surface area (Å²) in [4.78, 5) is 0.147. The summed E-state index contributed by atoms with van der Waals surface area (Å²) < 4.78 is 26.4. The van der Waals surface area contributed by atoms with Gasteiger partial charge in [-0.25, -0.2) is 8.42 Å². The van der Waals surface area contributed by atoms with E-state index in [1.54, 1.807) is 24.3 Å². The minimum absolute atomic E-state index is 0.147. The van der Waals surface area contributed by atoms with Crippen LogP contribution in [0.15, 0.2) is 47.6 Å². The molecule has 2 rings (SSSR count). The van der Waals surface area contributed by atoms with E-state index in [0.717, 1.165) is 0 Å². The summed E-state index contributed by atoms with van der Waals surface area (Å²) in [6.07, 6.45) is 3.26. The number of nitrogens with one attached hydrogen (secondary N) is 1. The Morgan fingerprint density at radius 3 is 2.58 bits per heavy atom. The monoisotopic (exact) mass is 280 g/mol. The lowest BCUT2D eigenvalue weighted by Gasteiger charge is -2.23. The van der Waals surface area contributed by atoms with Crippen LogP contribution in [-0.2, 0) is 10.0 Å². The number of nitrogens with two attached hydrogens (primary N) is 1. The molecule has 2 aromatic rings. The normalized spacial score (nSPS) is 11.4. The molecule has 0 aliphatic rings. The number of para-hydroxylation sites is 1. The summed E-state index contributed by atoms with van der Waals surface area (Å²) >= 11 is 0. The average molecular weight is 280 g/mol. The van der Waals surface area contributed by atoms with Gasteiger partial charge in [-0.05, 0) is 25.1 Å². The molecule has 0 fully saturated rings. The molecule has 7 heteroatoms. The van der Waals surface area contributed by atoms with Gasteiger partial charge in [0.1, 0.15) is 4.90 Å². The Balaban J connectivity index is 2.38. The second kappa shape index (κ2) is 5.85. The van der Waals surface area contributed by atoms with Gasteiger partial charge in [0.25, 0.3) is 10.0 Å². The molecule has 1 aromatic carbocycles. The first-order valence-electron chi connectivity index (χ1n) is 5.93. The molecule has 0 spiro atoms. The predicted octanol–water partition coefficient (Wildman–Crippen LogP) is 0.954. The van der Waals surface area contributed by atoms with Crippen molar-refractivity contribution in [3.8, 4) is 0 Å². The van der Waals surface area contributed by atoms with E-state index < -0.39 is 10.0 Å². The maximum Gasteiger partial charge on any atom is 0.267 e. The van der Waals surface area contributed by atoms with Crippen LogP contribution in [0.1, 0.15) is 6.42 Å². The third-order valence-electron chi connectivity index (χ3n) is 2.67. The smallest absolute Gasteiger partial charge is 0.267 e. The van der Waals surface area contributed by atoms with Crippen LogP contribution in [0.3, 0.4) is 0 Å². The van der Waals surface area contributed by atoms with E-state index >= 15 is 0 Å². The molecule has 19 heavy (non-hydrogen) atoms. The van der Waals surface area contributed by atoms with Crippen LogP contribution in [0.25, 0.3) is 0 Å². The van der Waals surface area contributed by atoms with Crippen molar-refractivity contribution in [1.82, 2.24) is 10.2 Å². The van der Waals surface area contributed by atoms with Gasteiger partial charge in [-0.2, -0.15) is 5.10 Å². The molecule has 0 bridgehead atoms. The van der Waals surface area contributed by atoms with Crippen LogP contribution >= 0.6 is 0 Å². The van der Waals surface area contributed by atoms with Gasteiger partial charge < -0.3 is 5.73 Å². The molecule has 0 unspecified atom stereocenters. The Morgan fingerprint density at radius 2 is 2.00 bits per heavy atom. The van der Waals surface area contributed by atoms with Crippen molar-refractivity contribution in [2.45, 2.75) is 11.3 Å². The fourth-order valence-electron chi connectivity index (χ4n) is 1.72. The van der Waals surface area contributed by atoms with Crippen molar-refractivity contribution in [3.05, 3.63) is 42.7 Å². The van der Waals surface area contributed by atoms with Crippen molar-refractivity contribution in [2.24, 2.45) is 5.73 Å². The van der Waals surface area contributed by atoms with Crippen LogP contribution in [0.4, 0.5) is 5.69 Å². The molecule has 0 aliphatic heterocycles. The molecule has 6 nitrogen and oxygen atoms in total. The van der Waals surface area contributed by atoms with Gasteiger partial charge in [0.2, 0.25) is 0 Å². The van der Waals surface area contributed by atoms with Crippen LogP contribution in [0.5, 0.6) is 0 Å². The largest absolute Gasteiger partial charge is 0.330 e. The second-order valence-electron chi connectivity index (χ2n) is 3.99. The Bertz CT molecular complexity index is 596. The second-order valence-corrected chi connectivity index (χ2v) is 5.85. The molecule has 0 atom stereocenters. The van der Waals surface area contributed by atoms with Gasteiger partial charge in [0, 0.05) is 12.7 Å². The average Bonchev–Trinajstić information content (AvgIpc) is 2.95. The molecule has 1 aromatic heterocycles. The van der Waals surface area contributed by atoms with Crippen LogP contribution < -0.4 is 10.0 Å². The summed E-state index contributed by atoms with van der Waals surface area (Å²) in [6.45, 7) is 0.776. The zero-order valence-electron chi connectivity index (χ0n) is 10.4. The Hall–Kier alpha value is -1.86. The highest BCUT2D eigenvalue weighted by Gasteiger charge is 2.25. The van der Waals surface area contributed by atoms with Gasteiger partial charge in [0.15, 0.2) is 0 Å². The molecule has 0 aliphatic carbocycles. The van der Waals surface area contributed by atoms with Crippen molar-refractivity contribution >= 4 is 15.7 Å². The number of aromatic amines is 1. The number of hydrogen-bond donors (Lipinski definition) is 2. The maximum atomic E-state index is 12.5. The van der Waals surface area contributed by atoms with Crippen molar-refractivity contribution in [3.63, 3.8) is 0 Å². The van der Waals surface area contributed by atoms with E-state index in [1.165, 1.54) is 16.7 Å². The maximum absolute atomic E-state index is 12.5. The predicted molar refractivity (Wildman–Crippen MR) is 73.2 cm³/mol. The summed E-state index contributed by atoms with van der Waals surface area (Å²) in [6, 6.07) is 8.96. The number of aromatic nitrogens is 2. The van der Waals surface area contributed by atoms with Crippen molar-refractivity contribution in [2.75, 3.05) is 17.4 Å². The fourth-order valence-corrected chi connectivity index (χ4v) is 3.14. The fraction of sp³-hybridized carbons (Fsp3) is 0.250. The Kier molecular flexibility index (Phi) is 4.18. The van der Waals surface area contributed by atoms with E-state index in [0.29, 0.717) is 25.2 Å². The lowest BCUT2D eigenvalue weighted by atomic mass is 10.3.